The third-order valence-corrected chi connectivity index (χ3v) is 3.97. The fourth-order valence-corrected chi connectivity index (χ4v) is 2.39. The van der Waals surface area contributed by atoms with Gasteiger partial charge in [0.1, 0.15) is 11.9 Å². The van der Waals surface area contributed by atoms with Gasteiger partial charge in [0.15, 0.2) is 0 Å². The molecule has 2 amide bonds. The molecule has 132 valence electrons. The molecule has 0 radical (unpaired) electrons. The van der Waals surface area contributed by atoms with Crippen molar-refractivity contribution in [2.45, 2.75) is 26.4 Å². The lowest BCUT2D eigenvalue weighted by Crippen LogP contribution is -2.49. The minimum Gasteiger partial charge on any atom is -0.350 e. The topological polar surface area (TPSA) is 58.2 Å². The van der Waals surface area contributed by atoms with Crippen molar-refractivity contribution in [2.75, 3.05) is 0 Å². The average molecular weight is 363 g/mol. The molecule has 0 fully saturated rings. The van der Waals surface area contributed by atoms with Crippen molar-refractivity contribution >= 4 is 23.4 Å². The van der Waals surface area contributed by atoms with Crippen LogP contribution < -0.4 is 10.6 Å². The van der Waals surface area contributed by atoms with Crippen molar-refractivity contribution < 1.29 is 14.0 Å². The Balaban J connectivity index is 1.98. The van der Waals surface area contributed by atoms with Crippen molar-refractivity contribution in [3.8, 4) is 0 Å². The number of amides is 2. The van der Waals surface area contributed by atoms with Crippen molar-refractivity contribution in [1.29, 1.82) is 0 Å². The lowest BCUT2D eigenvalue weighted by molar-refractivity contribution is -0.124. The number of hydrogen-bond acceptors (Lipinski definition) is 2. The molecule has 0 aromatic heterocycles. The standard InChI is InChI=1S/C19H20ClFN2O2/c1-12(2)17(23-18(24)14-5-7-15(20)8-6-14)19(25)22-11-13-3-9-16(21)10-4-13/h3-10,12,17H,11H2,1-2H3,(H,22,25)(H,23,24). The number of benzene rings is 2. The van der Waals surface area contributed by atoms with Gasteiger partial charge in [0.05, 0.1) is 0 Å². The lowest BCUT2D eigenvalue weighted by atomic mass is 10.0. The molecule has 2 aromatic rings. The summed E-state index contributed by atoms with van der Waals surface area (Å²) >= 11 is 5.81. The fraction of sp³-hybridized carbons (Fsp3) is 0.263. The van der Waals surface area contributed by atoms with E-state index in [0.29, 0.717) is 10.6 Å². The Morgan fingerprint density at radius 1 is 1.04 bits per heavy atom. The molecule has 0 saturated carbocycles. The SMILES string of the molecule is CC(C)C(NC(=O)c1ccc(Cl)cc1)C(=O)NCc1ccc(F)cc1. The number of nitrogens with one attached hydrogen (secondary N) is 2. The Bertz CT molecular complexity index is 730. The number of carbonyl (C=O) groups is 2. The van der Waals surface area contributed by atoms with Crippen LogP contribution in [0, 0.1) is 11.7 Å². The Morgan fingerprint density at radius 2 is 1.64 bits per heavy atom. The van der Waals surface area contributed by atoms with E-state index in [4.69, 9.17) is 11.6 Å². The smallest absolute Gasteiger partial charge is 0.251 e. The maximum atomic E-state index is 12.9. The molecular formula is C19H20ClFN2O2. The maximum absolute atomic E-state index is 12.9. The largest absolute Gasteiger partial charge is 0.350 e. The van der Waals surface area contributed by atoms with Crippen LogP contribution in [0.4, 0.5) is 4.39 Å². The molecule has 0 aliphatic rings. The van der Waals surface area contributed by atoms with Gasteiger partial charge in [-0.2, -0.15) is 0 Å². The molecule has 1 atom stereocenters. The van der Waals surface area contributed by atoms with Gasteiger partial charge in [-0.05, 0) is 47.9 Å². The first-order valence-corrected chi connectivity index (χ1v) is 8.33. The van der Waals surface area contributed by atoms with Gasteiger partial charge in [-0.1, -0.05) is 37.6 Å². The van der Waals surface area contributed by atoms with Gasteiger partial charge in [-0.15, -0.1) is 0 Å². The van der Waals surface area contributed by atoms with Crippen LogP contribution in [0.2, 0.25) is 5.02 Å². The number of halogens is 2. The molecule has 0 heterocycles. The Labute approximate surface area is 151 Å². The Hall–Kier alpha value is -2.40. The zero-order valence-electron chi connectivity index (χ0n) is 14.1. The van der Waals surface area contributed by atoms with Crippen LogP contribution in [0.15, 0.2) is 48.5 Å². The summed E-state index contributed by atoms with van der Waals surface area (Å²) in [6.07, 6.45) is 0. The van der Waals surface area contributed by atoms with Crippen molar-refractivity contribution in [2.24, 2.45) is 5.92 Å². The van der Waals surface area contributed by atoms with Crippen LogP contribution in [0.1, 0.15) is 29.8 Å². The average Bonchev–Trinajstić information content (AvgIpc) is 2.59. The van der Waals surface area contributed by atoms with Crippen LogP contribution in [0.3, 0.4) is 0 Å². The first-order chi connectivity index (χ1) is 11.9. The highest BCUT2D eigenvalue weighted by molar-refractivity contribution is 6.30. The highest BCUT2D eigenvalue weighted by Crippen LogP contribution is 2.11. The first-order valence-electron chi connectivity index (χ1n) is 7.95. The molecule has 0 bridgehead atoms. The molecule has 0 saturated heterocycles. The van der Waals surface area contributed by atoms with Gasteiger partial charge in [0, 0.05) is 17.1 Å². The molecule has 0 spiro atoms. The second-order valence-electron chi connectivity index (χ2n) is 6.05. The zero-order chi connectivity index (χ0) is 18.4. The summed E-state index contributed by atoms with van der Waals surface area (Å²) in [7, 11) is 0. The lowest BCUT2D eigenvalue weighted by Gasteiger charge is -2.22. The third-order valence-electron chi connectivity index (χ3n) is 3.72. The normalized spacial score (nSPS) is 11.9. The van der Waals surface area contributed by atoms with Crippen LogP contribution in [0.25, 0.3) is 0 Å². The molecule has 25 heavy (non-hydrogen) atoms. The summed E-state index contributed by atoms with van der Waals surface area (Å²) in [4.78, 5) is 24.7. The second-order valence-corrected chi connectivity index (χ2v) is 6.48. The van der Waals surface area contributed by atoms with Gasteiger partial charge < -0.3 is 10.6 Å². The minimum absolute atomic E-state index is 0.0931. The van der Waals surface area contributed by atoms with E-state index in [1.807, 2.05) is 13.8 Å². The monoisotopic (exact) mass is 362 g/mol. The summed E-state index contributed by atoms with van der Waals surface area (Å²) in [5, 5.41) is 6.05. The van der Waals surface area contributed by atoms with E-state index < -0.39 is 6.04 Å². The summed E-state index contributed by atoms with van der Waals surface area (Å²) in [6, 6.07) is 11.7. The molecule has 2 N–H and O–H groups in total. The summed E-state index contributed by atoms with van der Waals surface area (Å²) in [5.41, 5.74) is 1.21. The summed E-state index contributed by atoms with van der Waals surface area (Å²) in [5.74, 6) is -1.05. The molecular weight excluding hydrogens is 343 g/mol. The third kappa shape index (κ3) is 5.57. The van der Waals surface area contributed by atoms with Crippen molar-refractivity contribution in [3.63, 3.8) is 0 Å². The Kier molecular flexibility index (Phi) is 6.53. The van der Waals surface area contributed by atoms with Crippen LogP contribution in [0.5, 0.6) is 0 Å². The highest BCUT2D eigenvalue weighted by atomic mass is 35.5. The number of carbonyl (C=O) groups excluding carboxylic acids is 2. The predicted octanol–water partition coefficient (Wildman–Crippen LogP) is 3.55. The van der Waals surface area contributed by atoms with Gasteiger partial charge in [-0.25, -0.2) is 4.39 Å². The fourth-order valence-electron chi connectivity index (χ4n) is 2.26. The predicted molar refractivity (Wildman–Crippen MR) is 95.8 cm³/mol. The first kappa shape index (κ1) is 18.9. The number of hydrogen-bond donors (Lipinski definition) is 2. The molecule has 4 nitrogen and oxygen atoms in total. The van der Waals surface area contributed by atoms with Gasteiger partial charge in [0.2, 0.25) is 5.91 Å². The van der Waals surface area contributed by atoms with Crippen molar-refractivity contribution in [3.05, 3.63) is 70.5 Å². The quantitative estimate of drug-likeness (QED) is 0.825. The molecule has 0 aliphatic heterocycles. The van der Waals surface area contributed by atoms with Crippen LogP contribution in [-0.2, 0) is 11.3 Å². The maximum Gasteiger partial charge on any atom is 0.251 e. The van der Waals surface area contributed by atoms with Gasteiger partial charge >= 0.3 is 0 Å². The summed E-state index contributed by atoms with van der Waals surface area (Å²) < 4.78 is 12.9. The van der Waals surface area contributed by atoms with Gasteiger partial charge in [-0.3, -0.25) is 9.59 Å². The highest BCUT2D eigenvalue weighted by Gasteiger charge is 2.24. The molecule has 1 unspecified atom stereocenters. The summed E-state index contributed by atoms with van der Waals surface area (Å²) in [6.45, 7) is 3.97. The van der Waals surface area contributed by atoms with E-state index in [9.17, 15) is 14.0 Å². The Morgan fingerprint density at radius 3 is 2.20 bits per heavy atom. The van der Waals surface area contributed by atoms with E-state index in [1.54, 1.807) is 36.4 Å². The van der Waals surface area contributed by atoms with Crippen molar-refractivity contribution in [1.82, 2.24) is 10.6 Å². The number of rotatable bonds is 6. The molecule has 6 heteroatoms. The molecule has 2 aromatic carbocycles. The van der Waals surface area contributed by atoms with Crippen LogP contribution in [-0.4, -0.2) is 17.9 Å². The van der Waals surface area contributed by atoms with Crippen LogP contribution >= 0.6 is 11.6 Å². The van der Waals surface area contributed by atoms with E-state index >= 15 is 0 Å². The van der Waals surface area contributed by atoms with Gasteiger partial charge in [0.25, 0.3) is 5.91 Å². The zero-order valence-corrected chi connectivity index (χ0v) is 14.8. The second kappa shape index (κ2) is 8.62. The van der Waals surface area contributed by atoms with E-state index in [1.165, 1.54) is 12.1 Å². The minimum atomic E-state index is -0.677. The van der Waals surface area contributed by atoms with E-state index in [0.717, 1.165) is 5.56 Å². The molecule has 2 rings (SSSR count). The van der Waals surface area contributed by atoms with E-state index in [2.05, 4.69) is 10.6 Å². The van der Waals surface area contributed by atoms with E-state index in [-0.39, 0.29) is 30.1 Å². The molecule has 0 aliphatic carbocycles.